The number of carbonyl (C=O) groups is 1. The molecule has 5 nitrogen and oxygen atoms in total. The maximum absolute atomic E-state index is 12.0. The van der Waals surface area contributed by atoms with Gasteiger partial charge in [0.25, 0.3) is 5.91 Å². The summed E-state index contributed by atoms with van der Waals surface area (Å²) < 4.78 is 0. The first kappa shape index (κ1) is 14.0. The SMILES string of the molecule is CCNc1ccnc(C(=O)NCCc2cccnc2)c1. The third-order valence-corrected chi connectivity index (χ3v) is 2.80. The Bertz CT molecular complexity index is 557. The fraction of sp³-hybridized carbons (Fsp3) is 0.267. The van der Waals surface area contributed by atoms with Crippen LogP contribution in [0.25, 0.3) is 0 Å². The lowest BCUT2D eigenvalue weighted by atomic mass is 10.2. The Labute approximate surface area is 118 Å². The quantitative estimate of drug-likeness (QED) is 0.841. The predicted octanol–water partition coefficient (Wildman–Crippen LogP) is 1.88. The van der Waals surface area contributed by atoms with E-state index in [0.717, 1.165) is 24.2 Å². The molecule has 5 heteroatoms. The fourth-order valence-corrected chi connectivity index (χ4v) is 1.83. The number of pyridine rings is 2. The molecule has 0 saturated heterocycles. The van der Waals surface area contributed by atoms with E-state index in [9.17, 15) is 4.79 Å². The molecule has 0 atom stereocenters. The molecule has 0 aliphatic carbocycles. The van der Waals surface area contributed by atoms with Crippen LogP contribution in [0.3, 0.4) is 0 Å². The highest BCUT2D eigenvalue weighted by Gasteiger charge is 2.07. The van der Waals surface area contributed by atoms with E-state index in [0.29, 0.717) is 12.2 Å². The fourth-order valence-electron chi connectivity index (χ4n) is 1.83. The van der Waals surface area contributed by atoms with Crippen LogP contribution >= 0.6 is 0 Å². The Balaban J connectivity index is 1.87. The van der Waals surface area contributed by atoms with Crippen molar-refractivity contribution in [3.63, 3.8) is 0 Å². The first-order valence-corrected chi connectivity index (χ1v) is 6.66. The molecule has 0 aliphatic rings. The van der Waals surface area contributed by atoms with Gasteiger partial charge in [0.15, 0.2) is 0 Å². The van der Waals surface area contributed by atoms with E-state index in [1.165, 1.54) is 0 Å². The van der Waals surface area contributed by atoms with Crippen LogP contribution in [-0.4, -0.2) is 29.0 Å². The van der Waals surface area contributed by atoms with Crippen molar-refractivity contribution in [3.8, 4) is 0 Å². The second kappa shape index (κ2) is 7.23. The van der Waals surface area contributed by atoms with E-state index in [2.05, 4.69) is 20.6 Å². The molecule has 0 saturated carbocycles. The summed E-state index contributed by atoms with van der Waals surface area (Å²) in [6.07, 6.45) is 5.93. The largest absolute Gasteiger partial charge is 0.385 e. The lowest BCUT2D eigenvalue weighted by molar-refractivity contribution is 0.0949. The van der Waals surface area contributed by atoms with Gasteiger partial charge in [-0.15, -0.1) is 0 Å². The molecule has 2 rings (SSSR count). The lowest BCUT2D eigenvalue weighted by Crippen LogP contribution is -2.26. The normalized spacial score (nSPS) is 10.1. The van der Waals surface area contributed by atoms with Crippen molar-refractivity contribution in [1.82, 2.24) is 15.3 Å². The Kier molecular flexibility index (Phi) is 5.06. The maximum Gasteiger partial charge on any atom is 0.269 e. The van der Waals surface area contributed by atoms with Gasteiger partial charge in [0.05, 0.1) is 0 Å². The van der Waals surface area contributed by atoms with E-state index in [1.807, 2.05) is 25.1 Å². The number of anilines is 1. The van der Waals surface area contributed by atoms with Gasteiger partial charge in [0.1, 0.15) is 5.69 Å². The molecule has 20 heavy (non-hydrogen) atoms. The molecular weight excluding hydrogens is 252 g/mol. The van der Waals surface area contributed by atoms with Crippen molar-refractivity contribution in [2.75, 3.05) is 18.4 Å². The van der Waals surface area contributed by atoms with Gasteiger partial charge >= 0.3 is 0 Å². The minimum atomic E-state index is -0.159. The van der Waals surface area contributed by atoms with Crippen molar-refractivity contribution in [2.24, 2.45) is 0 Å². The Morgan fingerprint density at radius 1 is 1.30 bits per heavy atom. The van der Waals surface area contributed by atoms with E-state index in [1.54, 1.807) is 24.7 Å². The van der Waals surface area contributed by atoms with Gasteiger partial charge in [-0.05, 0) is 37.1 Å². The van der Waals surface area contributed by atoms with Crippen LogP contribution in [0.2, 0.25) is 0 Å². The lowest BCUT2D eigenvalue weighted by Gasteiger charge is -2.07. The van der Waals surface area contributed by atoms with Crippen LogP contribution in [0.4, 0.5) is 5.69 Å². The molecule has 0 fully saturated rings. The summed E-state index contributed by atoms with van der Waals surface area (Å²) in [6.45, 7) is 3.39. The zero-order chi connectivity index (χ0) is 14.2. The van der Waals surface area contributed by atoms with Crippen LogP contribution < -0.4 is 10.6 Å². The molecule has 2 aromatic heterocycles. The molecule has 0 bridgehead atoms. The number of rotatable bonds is 6. The first-order valence-electron chi connectivity index (χ1n) is 6.66. The molecule has 0 radical (unpaired) electrons. The second-order valence-corrected chi connectivity index (χ2v) is 4.33. The van der Waals surface area contributed by atoms with Crippen LogP contribution in [0.5, 0.6) is 0 Å². The average Bonchev–Trinajstić information content (AvgIpc) is 2.49. The third-order valence-electron chi connectivity index (χ3n) is 2.80. The minimum absolute atomic E-state index is 0.159. The van der Waals surface area contributed by atoms with Gasteiger partial charge in [-0.3, -0.25) is 14.8 Å². The zero-order valence-electron chi connectivity index (χ0n) is 11.5. The van der Waals surface area contributed by atoms with Crippen molar-refractivity contribution in [2.45, 2.75) is 13.3 Å². The van der Waals surface area contributed by atoms with E-state index in [4.69, 9.17) is 0 Å². The smallest absolute Gasteiger partial charge is 0.269 e. The van der Waals surface area contributed by atoms with E-state index >= 15 is 0 Å². The standard InChI is InChI=1S/C15H18N4O/c1-2-17-13-6-9-18-14(10-13)15(20)19-8-5-12-4-3-7-16-11-12/h3-4,6-7,9-11H,2,5,8H2,1H3,(H,17,18)(H,19,20). The predicted molar refractivity (Wildman–Crippen MR) is 78.7 cm³/mol. The van der Waals surface area contributed by atoms with Crippen molar-refractivity contribution >= 4 is 11.6 Å². The molecule has 2 N–H and O–H groups in total. The summed E-state index contributed by atoms with van der Waals surface area (Å²) in [6, 6.07) is 7.47. The van der Waals surface area contributed by atoms with E-state index in [-0.39, 0.29) is 5.91 Å². The molecule has 0 aliphatic heterocycles. The molecule has 1 amide bonds. The van der Waals surface area contributed by atoms with Gasteiger partial charge in [0, 0.05) is 37.4 Å². The molecule has 0 aromatic carbocycles. The van der Waals surface area contributed by atoms with Gasteiger partial charge in [-0.1, -0.05) is 6.07 Å². The summed E-state index contributed by atoms with van der Waals surface area (Å²) >= 11 is 0. The highest BCUT2D eigenvalue weighted by atomic mass is 16.1. The number of hydrogen-bond acceptors (Lipinski definition) is 4. The van der Waals surface area contributed by atoms with Gasteiger partial charge in [0.2, 0.25) is 0 Å². The van der Waals surface area contributed by atoms with Crippen LogP contribution in [0.15, 0.2) is 42.9 Å². The third kappa shape index (κ3) is 4.05. The Morgan fingerprint density at radius 3 is 2.95 bits per heavy atom. The summed E-state index contributed by atoms with van der Waals surface area (Å²) in [7, 11) is 0. The molecule has 2 heterocycles. The second-order valence-electron chi connectivity index (χ2n) is 4.33. The minimum Gasteiger partial charge on any atom is -0.385 e. The van der Waals surface area contributed by atoms with Crippen molar-refractivity contribution in [3.05, 3.63) is 54.1 Å². The number of amides is 1. The Morgan fingerprint density at radius 2 is 2.20 bits per heavy atom. The highest BCUT2D eigenvalue weighted by Crippen LogP contribution is 2.07. The molecule has 0 spiro atoms. The van der Waals surface area contributed by atoms with Crippen molar-refractivity contribution < 1.29 is 4.79 Å². The van der Waals surface area contributed by atoms with Gasteiger partial charge in [-0.25, -0.2) is 0 Å². The Hall–Kier alpha value is -2.43. The monoisotopic (exact) mass is 270 g/mol. The summed E-state index contributed by atoms with van der Waals surface area (Å²) in [5.74, 6) is -0.159. The number of carbonyl (C=O) groups excluding carboxylic acids is 1. The molecule has 104 valence electrons. The van der Waals surface area contributed by atoms with E-state index < -0.39 is 0 Å². The number of aromatic nitrogens is 2. The number of nitrogens with zero attached hydrogens (tertiary/aromatic N) is 2. The summed E-state index contributed by atoms with van der Waals surface area (Å²) in [4.78, 5) is 20.1. The average molecular weight is 270 g/mol. The number of nitrogens with one attached hydrogen (secondary N) is 2. The van der Waals surface area contributed by atoms with Gasteiger partial charge in [-0.2, -0.15) is 0 Å². The van der Waals surface area contributed by atoms with Crippen LogP contribution in [-0.2, 0) is 6.42 Å². The molecular formula is C15H18N4O. The summed E-state index contributed by atoms with van der Waals surface area (Å²) in [5.41, 5.74) is 2.43. The topological polar surface area (TPSA) is 66.9 Å². The van der Waals surface area contributed by atoms with Gasteiger partial charge < -0.3 is 10.6 Å². The first-order chi connectivity index (χ1) is 9.79. The number of hydrogen-bond donors (Lipinski definition) is 2. The maximum atomic E-state index is 12.0. The van der Waals surface area contributed by atoms with Crippen LogP contribution in [0, 0.1) is 0 Å². The zero-order valence-corrected chi connectivity index (χ0v) is 11.5. The highest BCUT2D eigenvalue weighted by molar-refractivity contribution is 5.93. The van der Waals surface area contributed by atoms with Crippen LogP contribution in [0.1, 0.15) is 23.0 Å². The molecule has 2 aromatic rings. The summed E-state index contributed by atoms with van der Waals surface area (Å²) in [5, 5.41) is 6.02. The molecule has 0 unspecified atom stereocenters. The van der Waals surface area contributed by atoms with Crippen molar-refractivity contribution in [1.29, 1.82) is 0 Å².